The molecule has 1 fully saturated rings. The summed E-state index contributed by atoms with van der Waals surface area (Å²) in [5, 5.41) is 5.78. The van der Waals surface area contributed by atoms with Gasteiger partial charge in [0.25, 0.3) is 0 Å². The summed E-state index contributed by atoms with van der Waals surface area (Å²) < 4.78 is 1.24. The van der Waals surface area contributed by atoms with E-state index in [9.17, 15) is 0 Å². The Kier molecular flexibility index (Phi) is 4.45. The third-order valence-corrected chi connectivity index (χ3v) is 5.31. The van der Waals surface area contributed by atoms with Crippen LogP contribution in [-0.2, 0) is 0 Å². The fraction of sp³-hybridized carbons (Fsp3) is 0.692. The quantitative estimate of drug-likeness (QED) is 0.860. The fourth-order valence-electron chi connectivity index (χ4n) is 2.78. The SMILES string of the molecule is CNC(c1csc(Br)c1)C1CCC(C)CC1. The standard InChI is InChI=1S/C13H20BrNS/c1-9-3-5-10(6-4-9)13(15-2)11-7-12(14)16-8-11/h7-10,13,15H,3-6H2,1-2H3. The summed E-state index contributed by atoms with van der Waals surface area (Å²) in [6.07, 6.45) is 5.54. The van der Waals surface area contributed by atoms with Gasteiger partial charge in [-0.1, -0.05) is 19.8 Å². The van der Waals surface area contributed by atoms with Gasteiger partial charge in [-0.2, -0.15) is 0 Å². The average molecular weight is 302 g/mol. The lowest BCUT2D eigenvalue weighted by atomic mass is 9.78. The van der Waals surface area contributed by atoms with Crippen molar-refractivity contribution in [2.75, 3.05) is 7.05 Å². The Balaban J connectivity index is 2.05. The molecule has 90 valence electrons. The molecule has 0 radical (unpaired) electrons. The number of halogens is 1. The summed E-state index contributed by atoms with van der Waals surface area (Å²) in [7, 11) is 2.09. The molecule has 3 heteroatoms. The third kappa shape index (κ3) is 2.88. The van der Waals surface area contributed by atoms with Crippen molar-refractivity contribution in [1.82, 2.24) is 5.32 Å². The zero-order valence-electron chi connectivity index (χ0n) is 10.0. The van der Waals surface area contributed by atoms with Gasteiger partial charge in [0.15, 0.2) is 0 Å². The number of thiophene rings is 1. The molecule has 1 heterocycles. The first-order chi connectivity index (χ1) is 7.70. The summed E-state index contributed by atoms with van der Waals surface area (Å²) in [5.41, 5.74) is 1.46. The van der Waals surface area contributed by atoms with Crippen molar-refractivity contribution in [2.45, 2.75) is 38.6 Å². The fourth-order valence-corrected chi connectivity index (χ4v) is 3.99. The highest BCUT2D eigenvalue weighted by Crippen LogP contribution is 2.38. The maximum atomic E-state index is 3.55. The highest BCUT2D eigenvalue weighted by molar-refractivity contribution is 9.11. The number of hydrogen-bond donors (Lipinski definition) is 1. The largest absolute Gasteiger partial charge is 0.313 e. The van der Waals surface area contributed by atoms with Gasteiger partial charge in [-0.3, -0.25) is 0 Å². The van der Waals surface area contributed by atoms with Crippen LogP contribution in [0.5, 0.6) is 0 Å². The van der Waals surface area contributed by atoms with Gasteiger partial charge in [0.2, 0.25) is 0 Å². The summed E-state index contributed by atoms with van der Waals surface area (Å²) in [4.78, 5) is 0. The Hall–Kier alpha value is 0.140. The molecule has 1 saturated carbocycles. The van der Waals surface area contributed by atoms with E-state index < -0.39 is 0 Å². The van der Waals surface area contributed by atoms with Crippen molar-refractivity contribution < 1.29 is 0 Å². The number of nitrogens with one attached hydrogen (secondary N) is 1. The molecule has 0 saturated heterocycles. The van der Waals surface area contributed by atoms with Crippen LogP contribution in [0.1, 0.15) is 44.2 Å². The predicted molar refractivity (Wildman–Crippen MR) is 74.9 cm³/mol. The highest BCUT2D eigenvalue weighted by atomic mass is 79.9. The molecule has 1 N–H and O–H groups in total. The number of hydrogen-bond acceptors (Lipinski definition) is 2. The Bertz CT molecular complexity index is 328. The monoisotopic (exact) mass is 301 g/mol. The van der Waals surface area contributed by atoms with E-state index in [2.05, 4.69) is 46.7 Å². The van der Waals surface area contributed by atoms with Crippen LogP contribution in [0.2, 0.25) is 0 Å². The van der Waals surface area contributed by atoms with Gasteiger partial charge in [-0.25, -0.2) is 0 Å². The Morgan fingerprint density at radius 1 is 1.38 bits per heavy atom. The second-order valence-electron chi connectivity index (χ2n) is 4.97. The second kappa shape index (κ2) is 5.65. The first-order valence-electron chi connectivity index (χ1n) is 6.12. The van der Waals surface area contributed by atoms with Gasteiger partial charge in [0, 0.05) is 6.04 Å². The van der Waals surface area contributed by atoms with Crippen LogP contribution in [0.3, 0.4) is 0 Å². The average Bonchev–Trinajstić information content (AvgIpc) is 2.69. The highest BCUT2D eigenvalue weighted by Gasteiger charge is 2.26. The van der Waals surface area contributed by atoms with Crippen molar-refractivity contribution in [2.24, 2.45) is 11.8 Å². The Labute approximate surface area is 111 Å². The van der Waals surface area contributed by atoms with E-state index in [-0.39, 0.29) is 0 Å². The van der Waals surface area contributed by atoms with Gasteiger partial charge < -0.3 is 5.32 Å². The Morgan fingerprint density at radius 3 is 2.56 bits per heavy atom. The second-order valence-corrected chi connectivity index (χ2v) is 7.26. The number of rotatable bonds is 3. The summed E-state index contributed by atoms with van der Waals surface area (Å²) in [6, 6.07) is 2.82. The van der Waals surface area contributed by atoms with Crippen LogP contribution in [0.4, 0.5) is 0 Å². The van der Waals surface area contributed by atoms with E-state index in [4.69, 9.17) is 0 Å². The first-order valence-corrected chi connectivity index (χ1v) is 7.79. The van der Waals surface area contributed by atoms with Crippen molar-refractivity contribution in [1.29, 1.82) is 0 Å². The van der Waals surface area contributed by atoms with E-state index in [0.717, 1.165) is 11.8 Å². The normalized spacial score (nSPS) is 27.9. The van der Waals surface area contributed by atoms with Crippen LogP contribution < -0.4 is 5.32 Å². The van der Waals surface area contributed by atoms with Crippen LogP contribution in [0.15, 0.2) is 15.2 Å². The smallest absolute Gasteiger partial charge is 0.0701 e. The minimum atomic E-state index is 0.551. The van der Waals surface area contributed by atoms with Crippen LogP contribution >= 0.6 is 27.3 Å². The van der Waals surface area contributed by atoms with E-state index in [1.54, 1.807) is 11.3 Å². The van der Waals surface area contributed by atoms with E-state index >= 15 is 0 Å². The Morgan fingerprint density at radius 2 is 2.06 bits per heavy atom. The van der Waals surface area contributed by atoms with E-state index in [1.807, 2.05) is 0 Å². The van der Waals surface area contributed by atoms with Crippen LogP contribution in [0.25, 0.3) is 0 Å². The zero-order valence-corrected chi connectivity index (χ0v) is 12.4. The van der Waals surface area contributed by atoms with Crippen molar-refractivity contribution in [3.05, 3.63) is 20.8 Å². The molecule has 1 atom stereocenters. The zero-order chi connectivity index (χ0) is 11.5. The predicted octanol–water partition coefficient (Wildman–Crippen LogP) is 4.60. The molecule has 0 amide bonds. The molecular weight excluding hydrogens is 282 g/mol. The molecule has 1 aliphatic rings. The molecule has 1 nitrogen and oxygen atoms in total. The lowest BCUT2D eigenvalue weighted by molar-refractivity contribution is 0.238. The lowest BCUT2D eigenvalue weighted by Gasteiger charge is -2.32. The van der Waals surface area contributed by atoms with Gasteiger partial charge in [-0.05, 0) is 64.7 Å². The van der Waals surface area contributed by atoms with Gasteiger partial charge >= 0.3 is 0 Å². The van der Waals surface area contributed by atoms with E-state index in [0.29, 0.717) is 6.04 Å². The van der Waals surface area contributed by atoms with Gasteiger partial charge in [-0.15, -0.1) is 11.3 Å². The minimum absolute atomic E-state index is 0.551. The summed E-state index contributed by atoms with van der Waals surface area (Å²) >= 11 is 5.34. The van der Waals surface area contributed by atoms with E-state index in [1.165, 1.54) is 35.0 Å². The summed E-state index contributed by atoms with van der Waals surface area (Å²) in [5.74, 6) is 1.76. The first kappa shape index (κ1) is 12.6. The molecule has 0 aromatic carbocycles. The molecule has 1 aromatic heterocycles. The molecule has 1 unspecified atom stereocenters. The van der Waals surface area contributed by atoms with Gasteiger partial charge in [0.1, 0.15) is 0 Å². The summed E-state index contributed by atoms with van der Waals surface area (Å²) in [6.45, 7) is 2.38. The molecule has 0 bridgehead atoms. The van der Waals surface area contributed by atoms with Crippen molar-refractivity contribution in [3.8, 4) is 0 Å². The molecule has 16 heavy (non-hydrogen) atoms. The van der Waals surface area contributed by atoms with Crippen LogP contribution in [-0.4, -0.2) is 7.05 Å². The molecule has 0 spiro atoms. The maximum absolute atomic E-state index is 3.55. The van der Waals surface area contributed by atoms with Crippen molar-refractivity contribution in [3.63, 3.8) is 0 Å². The molecule has 0 aliphatic heterocycles. The third-order valence-electron chi connectivity index (χ3n) is 3.79. The lowest BCUT2D eigenvalue weighted by Crippen LogP contribution is -2.28. The molecular formula is C13H20BrNS. The van der Waals surface area contributed by atoms with Crippen LogP contribution in [0, 0.1) is 11.8 Å². The topological polar surface area (TPSA) is 12.0 Å². The maximum Gasteiger partial charge on any atom is 0.0701 e. The van der Waals surface area contributed by atoms with Gasteiger partial charge in [0.05, 0.1) is 3.79 Å². The molecule has 1 aliphatic carbocycles. The minimum Gasteiger partial charge on any atom is -0.313 e. The molecule has 1 aromatic rings. The molecule has 2 rings (SSSR count). The van der Waals surface area contributed by atoms with Crippen molar-refractivity contribution >= 4 is 27.3 Å².